The van der Waals surface area contributed by atoms with Crippen LogP contribution in [0.15, 0.2) is 64.3 Å². The number of likely N-dealkylation sites (tertiary alicyclic amines) is 1. The van der Waals surface area contributed by atoms with Gasteiger partial charge in [-0.2, -0.15) is 18.2 Å². The van der Waals surface area contributed by atoms with Gasteiger partial charge in [0, 0.05) is 57.3 Å². The van der Waals surface area contributed by atoms with Crippen LogP contribution in [0.2, 0.25) is 0 Å². The molecule has 5 heterocycles. The first-order chi connectivity index (χ1) is 27.0. The van der Waals surface area contributed by atoms with Gasteiger partial charge in [-0.1, -0.05) is 24.6 Å². The van der Waals surface area contributed by atoms with Crippen LogP contribution in [0.4, 0.5) is 19.4 Å². The number of hydrogen-bond donors (Lipinski definition) is 3. The third-order valence-electron chi connectivity index (χ3n) is 12.1. The summed E-state index contributed by atoms with van der Waals surface area (Å²) in [6.45, 7) is 1.14. The van der Waals surface area contributed by atoms with E-state index in [0.717, 1.165) is 68.2 Å². The molecule has 0 radical (unpaired) electrons. The summed E-state index contributed by atoms with van der Waals surface area (Å²) in [4.78, 5) is 32.9. The number of alkyl halides is 2. The number of piperidine rings is 2. The van der Waals surface area contributed by atoms with Gasteiger partial charge in [-0.15, -0.1) is 0 Å². The van der Waals surface area contributed by atoms with Gasteiger partial charge >= 0.3 is 12.6 Å². The lowest BCUT2D eigenvalue weighted by Gasteiger charge is -2.35. The number of carbonyl (C=O) groups is 2. The van der Waals surface area contributed by atoms with Crippen LogP contribution in [0.3, 0.4) is 0 Å². The van der Waals surface area contributed by atoms with Crippen LogP contribution in [-0.2, 0) is 26.6 Å². The molecule has 2 aromatic carbocycles. The number of amides is 3. The van der Waals surface area contributed by atoms with Crippen molar-refractivity contribution in [2.75, 3.05) is 50.7 Å². The van der Waals surface area contributed by atoms with Crippen LogP contribution in [0.1, 0.15) is 74.3 Å². The van der Waals surface area contributed by atoms with Gasteiger partial charge in [0.2, 0.25) is 15.9 Å². The number of benzene rings is 2. The van der Waals surface area contributed by atoms with Crippen LogP contribution in [0.25, 0.3) is 10.9 Å². The van der Waals surface area contributed by atoms with Crippen molar-refractivity contribution in [3.05, 3.63) is 65.6 Å². The lowest BCUT2D eigenvalue weighted by Crippen LogP contribution is -2.49. The maximum absolute atomic E-state index is 13.9. The molecule has 5 aliphatic rings. The highest BCUT2D eigenvalue weighted by Gasteiger charge is 2.35. The van der Waals surface area contributed by atoms with E-state index in [1.54, 1.807) is 15.3 Å². The van der Waals surface area contributed by atoms with Crippen LogP contribution in [0, 0.1) is 5.92 Å². The first kappa shape index (κ1) is 38.3. The van der Waals surface area contributed by atoms with E-state index in [0.29, 0.717) is 66.9 Å². The number of halogens is 2. The molecule has 2 unspecified atom stereocenters. The predicted octanol–water partition coefficient (Wildman–Crippen LogP) is 4.57. The smallest absolute Gasteiger partial charge is 0.387 e. The van der Waals surface area contributed by atoms with Crippen molar-refractivity contribution in [1.82, 2.24) is 34.9 Å². The largest absolute Gasteiger partial charge is 0.436 e. The zero-order valence-corrected chi connectivity index (χ0v) is 32.3. The quantitative estimate of drug-likeness (QED) is 0.268. The molecule has 4 fully saturated rings. The number of aromatic nitrogens is 2. The van der Waals surface area contributed by atoms with E-state index < -0.39 is 22.7 Å². The van der Waals surface area contributed by atoms with Crippen LogP contribution in [0.5, 0.6) is 0 Å². The van der Waals surface area contributed by atoms with E-state index in [-0.39, 0.29) is 30.7 Å². The number of guanidine groups is 1. The second kappa shape index (κ2) is 16.1. The molecule has 0 spiro atoms. The van der Waals surface area contributed by atoms with Crippen LogP contribution < -0.4 is 20.9 Å². The second-order valence-electron chi connectivity index (χ2n) is 15.5. The topological polar surface area (TPSA) is 153 Å². The number of aryl methyl sites for hydroxylation is 1. The lowest BCUT2D eigenvalue weighted by molar-refractivity contribution is -0.120. The Labute approximate surface area is 325 Å². The van der Waals surface area contributed by atoms with Gasteiger partial charge < -0.3 is 20.3 Å². The number of urea groups is 1. The fraction of sp³-hybridized carbons (Fsp3) is 0.538. The van der Waals surface area contributed by atoms with E-state index in [2.05, 4.69) is 59.9 Å². The van der Waals surface area contributed by atoms with Gasteiger partial charge in [-0.25, -0.2) is 18.2 Å². The minimum absolute atomic E-state index is 0.00235. The predicted molar refractivity (Wildman–Crippen MR) is 207 cm³/mol. The van der Waals surface area contributed by atoms with Gasteiger partial charge in [-0.3, -0.25) is 19.7 Å². The number of carbonyl (C=O) groups excluding carboxylic acids is 2. The number of aliphatic imine (C=N–C) groups is 1. The monoisotopic (exact) mass is 793 g/mol. The number of nitrogens with zero attached hydrogens (tertiary/aromatic N) is 6. The van der Waals surface area contributed by atoms with Crippen LogP contribution in [-0.4, -0.2) is 104 Å². The molecule has 0 bridgehead atoms. The summed E-state index contributed by atoms with van der Waals surface area (Å²) in [7, 11) is -1.79. The molecule has 4 aliphatic heterocycles. The summed E-state index contributed by atoms with van der Waals surface area (Å²) in [5.41, 5.74) is 3.34. The molecule has 56 heavy (non-hydrogen) atoms. The highest BCUT2D eigenvalue weighted by atomic mass is 32.2. The van der Waals surface area contributed by atoms with Gasteiger partial charge in [-0.05, 0) is 105 Å². The van der Waals surface area contributed by atoms with E-state index in [9.17, 15) is 26.8 Å². The highest BCUT2D eigenvalue weighted by Crippen LogP contribution is 2.42. The molecule has 300 valence electrons. The fourth-order valence-corrected chi connectivity index (χ4v) is 10.6. The zero-order valence-electron chi connectivity index (χ0n) is 31.5. The van der Waals surface area contributed by atoms with Crippen molar-refractivity contribution in [3.63, 3.8) is 0 Å². The summed E-state index contributed by atoms with van der Waals surface area (Å²) in [5, 5.41) is 14.0. The van der Waals surface area contributed by atoms with E-state index in [1.165, 1.54) is 11.8 Å². The average Bonchev–Trinajstić information content (AvgIpc) is 3.79. The normalized spacial score (nSPS) is 23.6. The molecule has 2 atom stereocenters. The van der Waals surface area contributed by atoms with E-state index in [1.807, 2.05) is 23.9 Å². The third kappa shape index (κ3) is 8.11. The maximum atomic E-state index is 13.9. The van der Waals surface area contributed by atoms with Gasteiger partial charge in [0.25, 0.3) is 0 Å². The second-order valence-corrected chi connectivity index (χ2v) is 17.5. The van der Waals surface area contributed by atoms with Crippen molar-refractivity contribution < 1.29 is 31.5 Å². The van der Waals surface area contributed by atoms with E-state index in [4.69, 9.17) is 0 Å². The number of fused-ring (bicyclic) bond motifs is 1. The summed E-state index contributed by atoms with van der Waals surface area (Å²) in [6, 6.07) is 13.6. The highest BCUT2D eigenvalue weighted by molar-refractivity contribution is 7.89. The van der Waals surface area contributed by atoms with Crippen molar-refractivity contribution in [3.8, 4) is 0 Å². The summed E-state index contributed by atoms with van der Waals surface area (Å²) in [6.07, 6.45) is 8.18. The Kier molecular flexibility index (Phi) is 11.0. The Bertz CT molecular complexity index is 2130. The molecular formula is C39H49F2N9O5S. The van der Waals surface area contributed by atoms with Crippen molar-refractivity contribution in [2.45, 2.75) is 80.8 Å². The number of nitrogens with one attached hydrogen (secondary N) is 3. The standard InChI is InChI=1S/C39H49F2N9O5S/c1-47-34-21-26(8-9-33(34)36(46-47)50-19-14-35(51)45-39(50)52)25-10-15-48(16-11-25)24-28-5-3-7-32(28)27-4-2-6-31(20-27)56(53,54)49-17-12-29(13-18-49)44-38-42-22-30(23-43-38)55-37(40)41/h2,4,6,8-9,20-22,25,28-29,32,37H,3,5,7,10-19,23-24H2,1H3,(H2,42,43,44)(H,45,51,52). The van der Waals surface area contributed by atoms with Gasteiger partial charge in [0.1, 0.15) is 12.3 Å². The van der Waals surface area contributed by atoms with Crippen molar-refractivity contribution in [2.24, 2.45) is 18.0 Å². The average molecular weight is 794 g/mol. The Balaban J connectivity index is 0.845. The zero-order chi connectivity index (χ0) is 39.0. The number of imide groups is 1. The molecule has 3 amide bonds. The maximum Gasteiger partial charge on any atom is 0.387 e. The third-order valence-corrected chi connectivity index (χ3v) is 14.0. The number of sulfonamides is 1. The number of hydrogen-bond acceptors (Lipinski definition) is 10. The molecule has 3 saturated heterocycles. The van der Waals surface area contributed by atoms with Crippen molar-refractivity contribution in [1.29, 1.82) is 0 Å². The SMILES string of the molecule is Cn1nc(N2CCC(=O)NC2=O)c2ccc(C3CCN(CC4CCCC4c4cccc(S(=O)(=O)N5CCC(NC6=NCC(OC(F)F)=CN6)CC5)c4)CC3)cc21. The number of rotatable bonds is 10. The first-order valence-corrected chi connectivity index (χ1v) is 21.1. The van der Waals surface area contributed by atoms with Gasteiger partial charge in [0.15, 0.2) is 11.8 Å². The summed E-state index contributed by atoms with van der Waals surface area (Å²) in [5.74, 6) is 2.01. The minimum atomic E-state index is -3.68. The molecule has 1 aromatic heterocycles. The Morgan fingerprint density at radius 3 is 2.50 bits per heavy atom. The molecular weight excluding hydrogens is 745 g/mol. The minimum Gasteiger partial charge on any atom is -0.436 e. The van der Waals surface area contributed by atoms with Crippen LogP contribution >= 0.6 is 0 Å². The van der Waals surface area contributed by atoms with Crippen molar-refractivity contribution >= 4 is 44.6 Å². The van der Waals surface area contributed by atoms with E-state index >= 15 is 0 Å². The number of ether oxygens (including phenoxy) is 1. The first-order valence-electron chi connectivity index (χ1n) is 19.6. The molecule has 14 nitrogen and oxygen atoms in total. The molecule has 17 heteroatoms. The summed E-state index contributed by atoms with van der Waals surface area (Å²) >= 11 is 0. The Morgan fingerprint density at radius 2 is 1.77 bits per heavy atom. The Morgan fingerprint density at radius 1 is 0.964 bits per heavy atom. The van der Waals surface area contributed by atoms with Gasteiger partial charge in [0.05, 0.1) is 10.4 Å². The molecule has 1 aliphatic carbocycles. The molecule has 3 N–H and O–H groups in total. The fourth-order valence-electron chi connectivity index (χ4n) is 9.11. The lowest BCUT2D eigenvalue weighted by atomic mass is 9.86. The Hall–Kier alpha value is -4.61. The molecule has 1 saturated carbocycles. The number of anilines is 1. The summed E-state index contributed by atoms with van der Waals surface area (Å²) < 4.78 is 60.4. The molecule has 3 aromatic rings. The molecule has 8 rings (SSSR count).